The van der Waals surface area contributed by atoms with Crippen molar-refractivity contribution in [3.63, 3.8) is 0 Å². The summed E-state index contributed by atoms with van der Waals surface area (Å²) in [6.45, 7) is 3.47. The van der Waals surface area contributed by atoms with E-state index in [0.29, 0.717) is 0 Å². The van der Waals surface area contributed by atoms with Crippen molar-refractivity contribution in [2.24, 2.45) is 5.92 Å². The number of pyridine rings is 1. The van der Waals surface area contributed by atoms with Crippen molar-refractivity contribution in [3.8, 4) is 0 Å². The van der Waals surface area contributed by atoms with Gasteiger partial charge in [0, 0.05) is 24.7 Å². The highest BCUT2D eigenvalue weighted by atomic mass is 15.1. The van der Waals surface area contributed by atoms with Gasteiger partial charge in [-0.15, -0.1) is 0 Å². The maximum absolute atomic E-state index is 5.64. The molecular weight excluding hydrogens is 222 g/mol. The summed E-state index contributed by atoms with van der Waals surface area (Å²) in [5.41, 5.74) is 7.52. The molecule has 0 spiro atoms. The molecule has 2 atom stereocenters. The summed E-state index contributed by atoms with van der Waals surface area (Å²) in [5.74, 6) is 0.890. The summed E-state index contributed by atoms with van der Waals surface area (Å²) in [5, 5.41) is 0. The van der Waals surface area contributed by atoms with Gasteiger partial charge in [-0.25, -0.2) is 0 Å². The highest BCUT2D eigenvalue weighted by Crippen LogP contribution is 2.26. The van der Waals surface area contributed by atoms with E-state index in [9.17, 15) is 0 Å². The molecule has 100 valence electrons. The van der Waals surface area contributed by atoms with E-state index in [-0.39, 0.29) is 0 Å². The molecule has 1 aromatic heterocycles. The molecule has 1 aliphatic carbocycles. The van der Waals surface area contributed by atoms with E-state index in [4.69, 9.17) is 5.73 Å². The van der Waals surface area contributed by atoms with Gasteiger partial charge < -0.3 is 10.6 Å². The molecule has 1 aliphatic rings. The molecule has 0 aromatic carbocycles. The molecule has 0 bridgehead atoms. The van der Waals surface area contributed by atoms with Gasteiger partial charge in [-0.2, -0.15) is 0 Å². The lowest BCUT2D eigenvalue weighted by molar-refractivity contribution is 0.165. The van der Waals surface area contributed by atoms with Gasteiger partial charge in [0.1, 0.15) is 0 Å². The largest absolute Gasteiger partial charge is 0.397 e. The number of nitrogens with zero attached hydrogens (tertiary/aromatic N) is 2. The Morgan fingerprint density at radius 2 is 2.22 bits per heavy atom. The Balaban J connectivity index is 1.80. The van der Waals surface area contributed by atoms with E-state index < -0.39 is 0 Å². The quantitative estimate of drug-likeness (QED) is 0.889. The number of likely N-dealkylation sites (N-methyl/N-ethyl adjacent to an activating group) is 1. The van der Waals surface area contributed by atoms with Crippen LogP contribution >= 0.6 is 0 Å². The number of nitrogens with two attached hydrogens (primary N) is 1. The fourth-order valence-electron chi connectivity index (χ4n) is 2.86. The van der Waals surface area contributed by atoms with Crippen molar-refractivity contribution < 1.29 is 0 Å². The monoisotopic (exact) mass is 247 g/mol. The lowest BCUT2D eigenvalue weighted by Crippen LogP contribution is -2.36. The highest BCUT2D eigenvalue weighted by molar-refractivity contribution is 5.34. The van der Waals surface area contributed by atoms with Crippen molar-refractivity contribution in [1.29, 1.82) is 0 Å². The van der Waals surface area contributed by atoms with Gasteiger partial charge in [0.15, 0.2) is 0 Å². The molecule has 2 N–H and O–H groups in total. The first-order valence-electron chi connectivity index (χ1n) is 7.06. The van der Waals surface area contributed by atoms with Gasteiger partial charge in [0.2, 0.25) is 0 Å². The minimum absolute atomic E-state index is 0.744. The fraction of sp³-hybridized carbons (Fsp3) is 0.667. The van der Waals surface area contributed by atoms with Crippen LogP contribution < -0.4 is 5.73 Å². The maximum atomic E-state index is 5.64. The van der Waals surface area contributed by atoms with Crippen LogP contribution in [0.3, 0.4) is 0 Å². The minimum atomic E-state index is 0.744. The zero-order valence-corrected chi connectivity index (χ0v) is 11.6. The van der Waals surface area contributed by atoms with Crippen LogP contribution in [-0.4, -0.2) is 29.5 Å². The van der Waals surface area contributed by atoms with Crippen LogP contribution in [0.25, 0.3) is 0 Å². The van der Waals surface area contributed by atoms with Crippen LogP contribution in [0.15, 0.2) is 18.3 Å². The number of nitrogen functional groups attached to an aromatic ring is 1. The van der Waals surface area contributed by atoms with E-state index >= 15 is 0 Å². The Bertz CT molecular complexity index is 361. The summed E-state index contributed by atoms with van der Waals surface area (Å²) in [6, 6.07) is 4.74. The Kier molecular flexibility index (Phi) is 4.59. The van der Waals surface area contributed by atoms with Gasteiger partial charge in [-0.05, 0) is 37.9 Å². The third-order valence-corrected chi connectivity index (χ3v) is 4.10. The molecule has 3 heteroatoms. The summed E-state index contributed by atoms with van der Waals surface area (Å²) in [6.07, 6.45) is 8.27. The average Bonchev–Trinajstić information content (AvgIpc) is 2.38. The topological polar surface area (TPSA) is 42.1 Å². The van der Waals surface area contributed by atoms with Crippen LogP contribution in [0.2, 0.25) is 0 Å². The molecule has 2 rings (SSSR count). The second kappa shape index (κ2) is 6.19. The lowest BCUT2D eigenvalue weighted by Gasteiger charge is -2.34. The van der Waals surface area contributed by atoms with Gasteiger partial charge in [0.05, 0.1) is 11.9 Å². The summed E-state index contributed by atoms with van der Waals surface area (Å²) in [4.78, 5) is 6.87. The van der Waals surface area contributed by atoms with E-state index in [1.807, 2.05) is 12.1 Å². The van der Waals surface area contributed by atoms with Crippen molar-refractivity contribution in [3.05, 3.63) is 24.0 Å². The normalized spacial score (nSPS) is 24.4. The molecule has 18 heavy (non-hydrogen) atoms. The first-order chi connectivity index (χ1) is 8.65. The molecule has 0 amide bonds. The third kappa shape index (κ3) is 3.70. The zero-order chi connectivity index (χ0) is 13.0. The lowest BCUT2D eigenvalue weighted by atomic mass is 9.86. The maximum Gasteiger partial charge on any atom is 0.0501 e. The van der Waals surface area contributed by atoms with E-state index in [1.54, 1.807) is 6.20 Å². The van der Waals surface area contributed by atoms with E-state index in [0.717, 1.165) is 36.3 Å². The fourth-order valence-corrected chi connectivity index (χ4v) is 2.86. The van der Waals surface area contributed by atoms with Gasteiger partial charge >= 0.3 is 0 Å². The smallest absolute Gasteiger partial charge is 0.0501 e. The second-order valence-corrected chi connectivity index (χ2v) is 5.74. The molecule has 2 unspecified atom stereocenters. The molecular formula is C15H25N3. The molecule has 1 saturated carbocycles. The van der Waals surface area contributed by atoms with Gasteiger partial charge in [0.25, 0.3) is 0 Å². The van der Waals surface area contributed by atoms with Crippen LogP contribution in [0.1, 0.15) is 38.3 Å². The number of rotatable bonds is 4. The summed E-state index contributed by atoms with van der Waals surface area (Å²) >= 11 is 0. The molecule has 3 nitrogen and oxygen atoms in total. The second-order valence-electron chi connectivity index (χ2n) is 5.74. The zero-order valence-electron chi connectivity index (χ0n) is 11.6. The summed E-state index contributed by atoms with van der Waals surface area (Å²) < 4.78 is 0. The molecule has 0 saturated heterocycles. The van der Waals surface area contributed by atoms with Gasteiger partial charge in [-0.1, -0.05) is 19.8 Å². The van der Waals surface area contributed by atoms with Crippen LogP contribution in [0, 0.1) is 5.92 Å². The first-order valence-corrected chi connectivity index (χ1v) is 7.06. The van der Waals surface area contributed by atoms with Crippen LogP contribution in [0.4, 0.5) is 5.69 Å². The van der Waals surface area contributed by atoms with Gasteiger partial charge in [-0.3, -0.25) is 4.98 Å². The number of aromatic nitrogens is 1. The van der Waals surface area contributed by atoms with Crippen molar-refractivity contribution >= 4 is 5.69 Å². The van der Waals surface area contributed by atoms with Crippen molar-refractivity contribution in [2.45, 2.75) is 45.1 Å². The Morgan fingerprint density at radius 1 is 1.39 bits per heavy atom. The van der Waals surface area contributed by atoms with E-state index in [1.165, 1.54) is 25.7 Å². The minimum Gasteiger partial charge on any atom is -0.397 e. The van der Waals surface area contributed by atoms with Crippen molar-refractivity contribution in [2.75, 3.05) is 19.3 Å². The molecule has 0 radical (unpaired) electrons. The number of hydrogen-bond acceptors (Lipinski definition) is 3. The van der Waals surface area contributed by atoms with Crippen LogP contribution in [0.5, 0.6) is 0 Å². The predicted molar refractivity (Wildman–Crippen MR) is 76.4 cm³/mol. The first kappa shape index (κ1) is 13.3. The SMILES string of the molecule is CC1CCCC(N(C)CCc2ccc(N)cn2)C1. The number of anilines is 1. The highest BCUT2D eigenvalue weighted by Gasteiger charge is 2.21. The Labute approximate surface area is 110 Å². The number of hydrogen-bond donors (Lipinski definition) is 1. The average molecular weight is 247 g/mol. The van der Waals surface area contributed by atoms with Crippen LogP contribution in [-0.2, 0) is 6.42 Å². The molecule has 0 aliphatic heterocycles. The van der Waals surface area contributed by atoms with E-state index in [2.05, 4.69) is 23.9 Å². The summed E-state index contributed by atoms with van der Waals surface area (Å²) in [7, 11) is 2.25. The molecule has 1 heterocycles. The molecule has 1 fully saturated rings. The Morgan fingerprint density at radius 3 is 2.89 bits per heavy atom. The van der Waals surface area contributed by atoms with Crippen molar-refractivity contribution in [1.82, 2.24) is 9.88 Å². The third-order valence-electron chi connectivity index (χ3n) is 4.10. The molecule has 1 aromatic rings. The predicted octanol–water partition coefficient (Wildman–Crippen LogP) is 2.72. The standard InChI is InChI=1S/C15H25N3/c1-12-4-3-5-15(10-12)18(2)9-8-14-7-6-13(16)11-17-14/h6-7,11-12,15H,3-5,8-10,16H2,1-2H3. The Hall–Kier alpha value is -1.09.